The smallest absolute Gasteiger partial charge is 0.271 e. The van der Waals surface area contributed by atoms with E-state index in [1.54, 1.807) is 10.9 Å². The molecule has 0 saturated heterocycles. The lowest BCUT2D eigenvalue weighted by molar-refractivity contribution is 0.663. The summed E-state index contributed by atoms with van der Waals surface area (Å²) in [4.78, 5) is 18.4. The van der Waals surface area contributed by atoms with Gasteiger partial charge in [0.05, 0.1) is 11.8 Å². The topological polar surface area (TPSA) is 58.9 Å². The molecule has 0 bridgehead atoms. The highest BCUT2D eigenvalue weighted by atomic mass is 35.5. The van der Waals surface area contributed by atoms with E-state index in [1.807, 2.05) is 49.5 Å². The van der Waals surface area contributed by atoms with E-state index in [-0.39, 0.29) is 5.56 Å². The number of hydrazine groups is 1. The van der Waals surface area contributed by atoms with Gasteiger partial charge in [-0.25, -0.2) is 10.4 Å². The first-order chi connectivity index (χ1) is 13.6. The van der Waals surface area contributed by atoms with Gasteiger partial charge in [-0.15, -0.1) is 11.3 Å². The molecule has 0 fully saturated rings. The van der Waals surface area contributed by atoms with Crippen LogP contribution in [-0.4, -0.2) is 16.6 Å². The minimum Gasteiger partial charge on any atom is -0.322 e. The van der Waals surface area contributed by atoms with Crippen molar-refractivity contribution in [1.82, 2.24) is 15.0 Å². The zero-order valence-corrected chi connectivity index (χ0v) is 16.8. The van der Waals surface area contributed by atoms with E-state index in [2.05, 4.69) is 28.0 Å². The maximum atomic E-state index is 12.9. The number of benzene rings is 2. The monoisotopic (exact) mass is 410 g/mol. The Hall–Kier alpha value is -2.67. The summed E-state index contributed by atoms with van der Waals surface area (Å²) < 4.78 is 2.37. The standard InChI is InChI=1S/C21H19ClN4OS/c1-23-25-17-8-2-14(3-9-17)10-11-26-13-24-18-12-19(28-20(18)21(26)27)15-4-6-16(22)7-5-15/h2-9,12-13,23,25H,10-11H2,1H3. The first kappa shape index (κ1) is 18.7. The second-order valence-corrected chi connectivity index (χ2v) is 7.89. The average Bonchev–Trinajstić information content (AvgIpc) is 3.15. The molecule has 0 unspecified atom stereocenters. The lowest BCUT2D eigenvalue weighted by Crippen LogP contribution is -2.20. The first-order valence-corrected chi connectivity index (χ1v) is 10.1. The van der Waals surface area contributed by atoms with Crippen LogP contribution in [0.25, 0.3) is 20.7 Å². The second-order valence-electron chi connectivity index (χ2n) is 6.40. The molecule has 2 heterocycles. The van der Waals surface area contributed by atoms with Gasteiger partial charge < -0.3 is 5.43 Å². The van der Waals surface area contributed by atoms with E-state index in [1.165, 1.54) is 16.9 Å². The van der Waals surface area contributed by atoms with Crippen molar-refractivity contribution < 1.29 is 0 Å². The molecule has 0 radical (unpaired) electrons. The number of aromatic nitrogens is 2. The molecule has 2 aromatic carbocycles. The lowest BCUT2D eigenvalue weighted by atomic mass is 10.1. The highest BCUT2D eigenvalue weighted by Crippen LogP contribution is 2.31. The maximum absolute atomic E-state index is 12.9. The summed E-state index contributed by atoms with van der Waals surface area (Å²) >= 11 is 7.44. The van der Waals surface area contributed by atoms with Gasteiger partial charge in [-0.3, -0.25) is 9.36 Å². The van der Waals surface area contributed by atoms with Gasteiger partial charge in [0.25, 0.3) is 5.56 Å². The Balaban J connectivity index is 1.55. The van der Waals surface area contributed by atoms with Crippen LogP contribution in [0, 0.1) is 0 Å². The molecule has 0 saturated carbocycles. The molecule has 4 rings (SSSR count). The van der Waals surface area contributed by atoms with Crippen molar-refractivity contribution in [2.45, 2.75) is 13.0 Å². The van der Waals surface area contributed by atoms with Crippen molar-refractivity contribution in [2.24, 2.45) is 0 Å². The maximum Gasteiger partial charge on any atom is 0.271 e. The number of thiophene rings is 1. The van der Waals surface area contributed by atoms with Crippen molar-refractivity contribution in [3.05, 3.63) is 81.9 Å². The van der Waals surface area contributed by atoms with Crippen LogP contribution < -0.4 is 16.4 Å². The zero-order chi connectivity index (χ0) is 19.5. The van der Waals surface area contributed by atoms with Crippen LogP contribution in [0.4, 0.5) is 5.69 Å². The van der Waals surface area contributed by atoms with Crippen LogP contribution in [0.5, 0.6) is 0 Å². The Labute approximate surface area is 171 Å². The number of anilines is 1. The first-order valence-electron chi connectivity index (χ1n) is 8.90. The van der Waals surface area contributed by atoms with Crippen molar-refractivity contribution in [3.8, 4) is 10.4 Å². The van der Waals surface area contributed by atoms with E-state index in [4.69, 9.17) is 11.6 Å². The van der Waals surface area contributed by atoms with Crippen molar-refractivity contribution >= 4 is 38.8 Å². The molecule has 2 aromatic heterocycles. The molecular formula is C21H19ClN4OS. The van der Waals surface area contributed by atoms with Gasteiger partial charge in [-0.05, 0) is 47.9 Å². The fraction of sp³-hybridized carbons (Fsp3) is 0.143. The van der Waals surface area contributed by atoms with Gasteiger partial charge in [0.15, 0.2) is 0 Å². The SMILES string of the molecule is CNNc1ccc(CCn2cnc3cc(-c4ccc(Cl)cc4)sc3c2=O)cc1. The fourth-order valence-corrected chi connectivity index (χ4v) is 4.20. The molecule has 28 heavy (non-hydrogen) atoms. The third-order valence-electron chi connectivity index (χ3n) is 4.50. The predicted octanol–water partition coefficient (Wildman–Crippen LogP) is 4.57. The van der Waals surface area contributed by atoms with Crippen LogP contribution in [0.2, 0.25) is 5.02 Å². The molecule has 0 aliphatic carbocycles. The van der Waals surface area contributed by atoms with E-state index in [9.17, 15) is 4.79 Å². The van der Waals surface area contributed by atoms with E-state index in [0.717, 1.165) is 28.1 Å². The largest absolute Gasteiger partial charge is 0.322 e. The number of hydrogen-bond acceptors (Lipinski definition) is 5. The summed E-state index contributed by atoms with van der Waals surface area (Å²) in [6, 6.07) is 17.7. The van der Waals surface area contributed by atoms with Gasteiger partial charge in [-0.1, -0.05) is 35.9 Å². The van der Waals surface area contributed by atoms with Gasteiger partial charge >= 0.3 is 0 Å². The molecular weight excluding hydrogens is 392 g/mol. The summed E-state index contributed by atoms with van der Waals surface area (Å²) in [7, 11) is 1.83. The van der Waals surface area contributed by atoms with Crippen LogP contribution in [0.3, 0.4) is 0 Å². The summed E-state index contributed by atoms with van der Waals surface area (Å²) in [5.41, 5.74) is 9.87. The Morgan fingerprint density at radius 3 is 2.57 bits per heavy atom. The van der Waals surface area contributed by atoms with E-state index < -0.39 is 0 Å². The molecule has 142 valence electrons. The Kier molecular flexibility index (Phi) is 5.43. The van der Waals surface area contributed by atoms with Crippen LogP contribution in [0.15, 0.2) is 65.7 Å². The normalized spacial score (nSPS) is 11.1. The molecule has 0 atom stereocenters. The van der Waals surface area contributed by atoms with Crippen molar-refractivity contribution in [1.29, 1.82) is 0 Å². The third-order valence-corrected chi connectivity index (χ3v) is 5.91. The van der Waals surface area contributed by atoms with Crippen LogP contribution >= 0.6 is 22.9 Å². The van der Waals surface area contributed by atoms with E-state index in [0.29, 0.717) is 16.3 Å². The fourth-order valence-electron chi connectivity index (χ4n) is 3.01. The molecule has 0 spiro atoms. The Morgan fingerprint density at radius 2 is 1.86 bits per heavy atom. The van der Waals surface area contributed by atoms with Crippen LogP contribution in [0.1, 0.15) is 5.56 Å². The highest BCUT2D eigenvalue weighted by molar-refractivity contribution is 7.22. The number of rotatable bonds is 6. The number of nitrogens with one attached hydrogen (secondary N) is 2. The number of hydrogen-bond donors (Lipinski definition) is 2. The lowest BCUT2D eigenvalue weighted by Gasteiger charge is -2.07. The Bertz CT molecular complexity index is 1150. The number of nitrogens with zero attached hydrogens (tertiary/aromatic N) is 2. The van der Waals surface area contributed by atoms with Crippen LogP contribution in [-0.2, 0) is 13.0 Å². The highest BCUT2D eigenvalue weighted by Gasteiger charge is 2.10. The Morgan fingerprint density at radius 1 is 1.11 bits per heavy atom. The van der Waals surface area contributed by atoms with Gasteiger partial charge in [-0.2, -0.15) is 0 Å². The summed E-state index contributed by atoms with van der Waals surface area (Å²) in [6.07, 6.45) is 2.41. The number of aryl methyl sites for hydroxylation is 2. The molecule has 5 nitrogen and oxygen atoms in total. The summed E-state index contributed by atoms with van der Waals surface area (Å²) in [5, 5.41) is 0.695. The molecule has 0 amide bonds. The summed E-state index contributed by atoms with van der Waals surface area (Å²) in [5.74, 6) is 0. The molecule has 2 N–H and O–H groups in total. The average molecular weight is 411 g/mol. The number of halogens is 1. The van der Waals surface area contributed by atoms with Crippen molar-refractivity contribution in [2.75, 3.05) is 12.5 Å². The zero-order valence-electron chi connectivity index (χ0n) is 15.3. The molecule has 0 aliphatic heterocycles. The van der Waals surface area contributed by atoms with Gasteiger partial charge in [0, 0.05) is 29.2 Å². The minimum atomic E-state index is 0.00341. The number of fused-ring (bicyclic) bond motifs is 1. The predicted molar refractivity (Wildman–Crippen MR) is 117 cm³/mol. The quantitative estimate of drug-likeness (QED) is 0.457. The second kappa shape index (κ2) is 8.14. The van der Waals surface area contributed by atoms with Gasteiger partial charge in [0.1, 0.15) is 4.70 Å². The molecule has 0 aliphatic rings. The van der Waals surface area contributed by atoms with E-state index >= 15 is 0 Å². The molecule has 4 aromatic rings. The molecule has 7 heteroatoms. The summed E-state index contributed by atoms with van der Waals surface area (Å²) in [6.45, 7) is 0.592. The minimum absolute atomic E-state index is 0.00341. The third kappa shape index (κ3) is 3.94. The van der Waals surface area contributed by atoms with Crippen molar-refractivity contribution in [3.63, 3.8) is 0 Å². The van der Waals surface area contributed by atoms with Gasteiger partial charge in [0.2, 0.25) is 0 Å².